The predicted molar refractivity (Wildman–Crippen MR) is 113 cm³/mol. The van der Waals surface area contributed by atoms with Crippen LogP contribution < -0.4 is 0 Å². The molecule has 0 saturated carbocycles. The highest BCUT2D eigenvalue weighted by Crippen LogP contribution is 2.54. The molecule has 0 aliphatic carbocycles. The van der Waals surface area contributed by atoms with Gasteiger partial charge in [0.1, 0.15) is 16.7 Å². The zero-order valence-corrected chi connectivity index (χ0v) is 17.0. The third-order valence-corrected chi connectivity index (χ3v) is 7.44. The number of rotatable bonds is 4. The lowest BCUT2D eigenvalue weighted by atomic mass is 10.0. The number of amides is 2. The van der Waals surface area contributed by atoms with Crippen LogP contribution in [-0.4, -0.2) is 50.4 Å². The maximum absolute atomic E-state index is 13.3. The molecule has 2 aliphatic rings. The zero-order chi connectivity index (χ0) is 20.0. The molecule has 2 saturated heterocycles. The van der Waals surface area contributed by atoms with Gasteiger partial charge < -0.3 is 14.8 Å². The largest absolute Gasteiger partial charge is 0.340 e. The number of para-hydroxylation sites is 2. The summed E-state index contributed by atoms with van der Waals surface area (Å²) in [4.78, 5) is 37.0. The first-order chi connectivity index (χ1) is 14.1. The fourth-order valence-corrected chi connectivity index (χ4v) is 6.10. The van der Waals surface area contributed by atoms with Crippen LogP contribution in [0.5, 0.6) is 0 Å². The van der Waals surface area contributed by atoms with Gasteiger partial charge in [-0.15, -0.1) is 11.8 Å². The molecule has 0 radical (unpaired) electrons. The summed E-state index contributed by atoms with van der Waals surface area (Å²) >= 11 is 1.72. The molecule has 2 aromatic carbocycles. The fourth-order valence-electron chi connectivity index (χ4n) is 4.46. The van der Waals surface area contributed by atoms with E-state index in [4.69, 9.17) is 0 Å². The van der Waals surface area contributed by atoms with Crippen molar-refractivity contribution in [3.63, 3.8) is 0 Å². The molecule has 3 aromatic rings. The number of aromatic amines is 1. The Morgan fingerprint density at radius 1 is 1.24 bits per heavy atom. The number of likely N-dealkylation sites (N-methyl/N-ethyl adjacent to an activating group) is 1. The lowest BCUT2D eigenvalue weighted by Crippen LogP contribution is -2.50. The van der Waals surface area contributed by atoms with Crippen LogP contribution in [0.3, 0.4) is 0 Å². The normalized spacial score (nSPS) is 23.6. The van der Waals surface area contributed by atoms with Crippen LogP contribution in [0, 0.1) is 0 Å². The first kappa shape index (κ1) is 18.2. The van der Waals surface area contributed by atoms with E-state index in [0.717, 1.165) is 28.8 Å². The summed E-state index contributed by atoms with van der Waals surface area (Å²) in [5.74, 6) is 1.39. The average molecular weight is 407 g/mol. The summed E-state index contributed by atoms with van der Waals surface area (Å²) in [6, 6.07) is 17.5. The van der Waals surface area contributed by atoms with E-state index in [2.05, 4.69) is 22.1 Å². The van der Waals surface area contributed by atoms with Crippen LogP contribution in [0.4, 0.5) is 0 Å². The second-order valence-electron chi connectivity index (χ2n) is 7.64. The summed E-state index contributed by atoms with van der Waals surface area (Å²) in [7, 11) is 1.78. The summed E-state index contributed by atoms with van der Waals surface area (Å²) in [6.07, 6.45) is 1.23. The molecule has 2 atom stereocenters. The minimum Gasteiger partial charge on any atom is -0.340 e. The SMILES string of the molecule is CN(Cc1nc2ccccc2[nH]1)C(=O)[C@@H]1CS[C@@]2(c3ccccc3)CCC(=O)N12. The molecule has 6 nitrogen and oxygen atoms in total. The van der Waals surface area contributed by atoms with Gasteiger partial charge >= 0.3 is 0 Å². The number of imidazole rings is 1. The first-order valence-electron chi connectivity index (χ1n) is 9.79. The van der Waals surface area contributed by atoms with Gasteiger partial charge in [0.05, 0.1) is 17.6 Å². The van der Waals surface area contributed by atoms with Crippen molar-refractivity contribution in [3.8, 4) is 0 Å². The van der Waals surface area contributed by atoms with Crippen molar-refractivity contribution in [2.75, 3.05) is 12.8 Å². The van der Waals surface area contributed by atoms with Gasteiger partial charge in [0.25, 0.3) is 0 Å². The number of nitrogens with one attached hydrogen (secondary N) is 1. The standard InChI is InChI=1S/C22H22N4O2S/c1-25(13-19-23-16-9-5-6-10-17(16)24-19)21(28)18-14-29-22(12-11-20(27)26(18)22)15-7-3-2-4-8-15/h2-10,18H,11-14H2,1H3,(H,23,24)/t18-,22+/m0/s1. The topological polar surface area (TPSA) is 69.3 Å². The van der Waals surface area contributed by atoms with Crippen molar-refractivity contribution in [2.45, 2.75) is 30.3 Å². The summed E-state index contributed by atoms with van der Waals surface area (Å²) in [5.41, 5.74) is 2.95. The molecule has 29 heavy (non-hydrogen) atoms. The van der Waals surface area contributed by atoms with Gasteiger partial charge in [0.15, 0.2) is 0 Å². The van der Waals surface area contributed by atoms with Gasteiger partial charge in [-0.3, -0.25) is 9.59 Å². The molecule has 148 valence electrons. The number of hydrogen-bond donors (Lipinski definition) is 1. The van der Waals surface area contributed by atoms with Crippen molar-refractivity contribution in [3.05, 3.63) is 66.0 Å². The molecule has 0 unspecified atom stereocenters. The number of aromatic nitrogens is 2. The zero-order valence-electron chi connectivity index (χ0n) is 16.2. The summed E-state index contributed by atoms with van der Waals surface area (Å²) in [5, 5.41) is 0. The number of hydrogen-bond acceptors (Lipinski definition) is 4. The maximum Gasteiger partial charge on any atom is 0.246 e. The van der Waals surface area contributed by atoms with Crippen molar-refractivity contribution >= 4 is 34.6 Å². The van der Waals surface area contributed by atoms with E-state index >= 15 is 0 Å². The van der Waals surface area contributed by atoms with Gasteiger partial charge in [0, 0.05) is 19.2 Å². The third-order valence-electron chi connectivity index (χ3n) is 5.84. The van der Waals surface area contributed by atoms with Gasteiger partial charge in [-0.05, 0) is 24.1 Å². The highest BCUT2D eigenvalue weighted by molar-refractivity contribution is 8.00. The minimum absolute atomic E-state index is 0.0361. The van der Waals surface area contributed by atoms with Crippen LogP contribution in [0.2, 0.25) is 0 Å². The number of thioether (sulfide) groups is 1. The highest BCUT2D eigenvalue weighted by atomic mass is 32.2. The molecule has 2 amide bonds. The number of carbonyl (C=O) groups excluding carboxylic acids is 2. The van der Waals surface area contributed by atoms with E-state index in [1.165, 1.54) is 0 Å². The van der Waals surface area contributed by atoms with E-state index in [1.54, 1.807) is 23.7 Å². The van der Waals surface area contributed by atoms with E-state index in [9.17, 15) is 9.59 Å². The maximum atomic E-state index is 13.3. The van der Waals surface area contributed by atoms with Crippen molar-refractivity contribution in [1.29, 1.82) is 0 Å². The molecule has 3 heterocycles. The molecule has 2 fully saturated rings. The van der Waals surface area contributed by atoms with Crippen LogP contribution in [0.25, 0.3) is 11.0 Å². The molecule has 0 spiro atoms. The van der Waals surface area contributed by atoms with Crippen LogP contribution in [0.1, 0.15) is 24.2 Å². The number of fused-ring (bicyclic) bond motifs is 2. The van der Waals surface area contributed by atoms with E-state index in [0.29, 0.717) is 18.7 Å². The second kappa shape index (κ2) is 6.91. The van der Waals surface area contributed by atoms with Crippen molar-refractivity contribution < 1.29 is 9.59 Å². The average Bonchev–Trinajstić information content (AvgIpc) is 3.42. The number of H-pyrrole nitrogens is 1. The fraction of sp³-hybridized carbons (Fsp3) is 0.318. The van der Waals surface area contributed by atoms with Crippen molar-refractivity contribution in [1.82, 2.24) is 19.8 Å². The quantitative estimate of drug-likeness (QED) is 0.723. The lowest BCUT2D eigenvalue weighted by Gasteiger charge is -2.35. The smallest absolute Gasteiger partial charge is 0.246 e. The van der Waals surface area contributed by atoms with E-state index in [1.807, 2.05) is 47.4 Å². The molecule has 1 N–H and O–H groups in total. The van der Waals surface area contributed by atoms with Crippen LogP contribution >= 0.6 is 11.8 Å². The molecule has 5 rings (SSSR count). The van der Waals surface area contributed by atoms with Gasteiger partial charge in [0.2, 0.25) is 11.8 Å². The first-order valence-corrected chi connectivity index (χ1v) is 10.8. The van der Waals surface area contributed by atoms with Crippen molar-refractivity contribution in [2.24, 2.45) is 0 Å². The Morgan fingerprint density at radius 3 is 2.79 bits per heavy atom. The molecule has 2 aliphatic heterocycles. The van der Waals surface area contributed by atoms with Crippen LogP contribution in [0.15, 0.2) is 54.6 Å². The number of carbonyl (C=O) groups is 2. The van der Waals surface area contributed by atoms with Gasteiger partial charge in [-0.1, -0.05) is 42.5 Å². The third kappa shape index (κ3) is 2.92. The monoisotopic (exact) mass is 406 g/mol. The molecular formula is C22H22N4O2S. The molecule has 1 aromatic heterocycles. The summed E-state index contributed by atoms with van der Waals surface area (Å²) < 4.78 is 0. The Labute approximate surface area is 173 Å². The van der Waals surface area contributed by atoms with Gasteiger partial charge in [-0.2, -0.15) is 0 Å². The second-order valence-corrected chi connectivity index (χ2v) is 8.93. The van der Waals surface area contributed by atoms with Crippen LogP contribution in [-0.2, 0) is 21.0 Å². The molecule has 0 bridgehead atoms. The van der Waals surface area contributed by atoms with Gasteiger partial charge in [-0.25, -0.2) is 4.98 Å². The highest BCUT2D eigenvalue weighted by Gasteiger charge is 2.57. The molecular weight excluding hydrogens is 384 g/mol. The minimum atomic E-state index is -0.440. The Hall–Kier alpha value is -2.80. The lowest BCUT2D eigenvalue weighted by molar-refractivity contribution is -0.143. The molecule has 7 heteroatoms. The Bertz CT molecular complexity index is 1050. The number of nitrogens with zero attached hydrogens (tertiary/aromatic N) is 3. The Balaban J connectivity index is 1.38. The summed E-state index contributed by atoms with van der Waals surface area (Å²) in [6.45, 7) is 0.384. The Morgan fingerprint density at radius 2 is 2.00 bits per heavy atom. The van der Waals surface area contributed by atoms with E-state index in [-0.39, 0.29) is 11.8 Å². The number of benzene rings is 2. The predicted octanol–water partition coefficient (Wildman–Crippen LogP) is 3.11. The Kier molecular flexibility index (Phi) is 4.35. The van der Waals surface area contributed by atoms with E-state index < -0.39 is 10.9 Å².